The minimum atomic E-state index is -4.65. The van der Waals surface area contributed by atoms with Crippen LogP contribution in [0.1, 0.15) is 35.1 Å². The van der Waals surface area contributed by atoms with Crippen molar-refractivity contribution in [2.45, 2.75) is 32.4 Å². The first kappa shape index (κ1) is 25.5. The van der Waals surface area contributed by atoms with Crippen LogP contribution in [0, 0.1) is 36.0 Å². The van der Waals surface area contributed by atoms with Gasteiger partial charge in [-0.25, -0.2) is 0 Å². The Balaban J connectivity index is 1.43. The van der Waals surface area contributed by atoms with Gasteiger partial charge in [0.15, 0.2) is 0 Å². The number of likely N-dealkylation sites (tertiary alicyclic amines) is 1. The highest BCUT2D eigenvalue weighted by Gasteiger charge is 2.43. The number of carbonyl (C=O) groups is 2. The molecule has 0 aliphatic carbocycles. The SMILES string of the molecule is Cc1cccc(CC(=O)N2CCC(C3CN(c4ccc(C#N)c(C(F)(F)F)c4)CC3C(N)=O)CC2)c1. The standard InChI is InChI=1S/C27H29F3N4O2/c1-17-3-2-4-18(11-17)12-25(35)33-9-7-19(8-10-33)22-15-34(16-23(22)26(32)36)21-6-5-20(14-31)24(13-21)27(28,29)30/h2-6,11,13,19,22-23H,7-10,12,15-16H2,1H3,(H2,32,36). The Morgan fingerprint density at radius 1 is 1.11 bits per heavy atom. The molecule has 0 radical (unpaired) electrons. The molecule has 36 heavy (non-hydrogen) atoms. The number of hydrogen-bond acceptors (Lipinski definition) is 4. The van der Waals surface area contributed by atoms with Gasteiger partial charge in [0, 0.05) is 31.9 Å². The Labute approximate surface area is 208 Å². The van der Waals surface area contributed by atoms with Gasteiger partial charge in [-0.3, -0.25) is 9.59 Å². The zero-order valence-corrected chi connectivity index (χ0v) is 20.1. The quantitative estimate of drug-likeness (QED) is 0.677. The summed E-state index contributed by atoms with van der Waals surface area (Å²) < 4.78 is 40.4. The Bertz CT molecular complexity index is 1180. The third kappa shape index (κ3) is 5.48. The van der Waals surface area contributed by atoms with Gasteiger partial charge in [0.25, 0.3) is 0 Å². The van der Waals surface area contributed by atoms with Gasteiger partial charge in [-0.1, -0.05) is 29.8 Å². The zero-order chi connectivity index (χ0) is 26.0. The summed E-state index contributed by atoms with van der Waals surface area (Å²) in [5, 5.41) is 9.07. The van der Waals surface area contributed by atoms with Gasteiger partial charge in [0.2, 0.25) is 11.8 Å². The van der Waals surface area contributed by atoms with Gasteiger partial charge >= 0.3 is 6.18 Å². The summed E-state index contributed by atoms with van der Waals surface area (Å²) in [7, 11) is 0. The van der Waals surface area contributed by atoms with Gasteiger partial charge < -0.3 is 15.5 Å². The minimum absolute atomic E-state index is 0.0656. The average Bonchev–Trinajstić information content (AvgIpc) is 3.29. The lowest BCUT2D eigenvalue weighted by molar-refractivity contribution is -0.137. The maximum absolute atomic E-state index is 13.5. The summed E-state index contributed by atoms with van der Waals surface area (Å²) >= 11 is 0. The Morgan fingerprint density at radius 2 is 1.83 bits per heavy atom. The third-order valence-electron chi connectivity index (χ3n) is 7.46. The average molecular weight is 499 g/mol. The van der Waals surface area contributed by atoms with E-state index in [0.29, 0.717) is 44.6 Å². The first-order valence-electron chi connectivity index (χ1n) is 12.1. The molecule has 6 nitrogen and oxygen atoms in total. The van der Waals surface area contributed by atoms with E-state index in [9.17, 15) is 22.8 Å². The molecule has 2 amide bonds. The summed E-state index contributed by atoms with van der Waals surface area (Å²) in [5.74, 6) is -0.868. The second-order valence-corrected chi connectivity index (χ2v) is 9.80. The molecule has 0 saturated carbocycles. The fraction of sp³-hybridized carbons (Fsp3) is 0.444. The van der Waals surface area contributed by atoms with Crippen molar-refractivity contribution < 1.29 is 22.8 Å². The van der Waals surface area contributed by atoms with Crippen LogP contribution in [0.5, 0.6) is 0 Å². The van der Waals surface area contributed by atoms with E-state index in [2.05, 4.69) is 0 Å². The van der Waals surface area contributed by atoms with E-state index in [1.54, 1.807) is 11.0 Å². The molecule has 2 N–H and O–H groups in total. The molecule has 190 valence electrons. The number of anilines is 1. The van der Waals surface area contributed by atoms with Crippen LogP contribution in [0.2, 0.25) is 0 Å². The molecule has 9 heteroatoms. The molecule has 0 bridgehead atoms. The molecular weight excluding hydrogens is 469 g/mol. The Kier molecular flexibility index (Phi) is 7.25. The molecule has 0 aromatic heterocycles. The summed E-state index contributed by atoms with van der Waals surface area (Å²) in [6.45, 7) is 3.77. The maximum Gasteiger partial charge on any atom is 0.417 e. The van der Waals surface area contributed by atoms with Gasteiger partial charge in [-0.05, 0) is 55.4 Å². The predicted octanol–water partition coefficient (Wildman–Crippen LogP) is 3.90. The van der Waals surface area contributed by atoms with Crippen molar-refractivity contribution in [3.05, 3.63) is 64.7 Å². The monoisotopic (exact) mass is 498 g/mol. The van der Waals surface area contributed by atoms with Crippen LogP contribution in [-0.2, 0) is 22.2 Å². The molecule has 2 fully saturated rings. The molecule has 2 atom stereocenters. The molecule has 2 aromatic carbocycles. The highest BCUT2D eigenvalue weighted by molar-refractivity contribution is 5.79. The molecule has 2 aliphatic rings. The lowest BCUT2D eigenvalue weighted by Gasteiger charge is -2.36. The number of rotatable bonds is 5. The van der Waals surface area contributed by atoms with E-state index in [4.69, 9.17) is 11.0 Å². The number of carbonyl (C=O) groups excluding carboxylic acids is 2. The summed E-state index contributed by atoms with van der Waals surface area (Å²) in [4.78, 5) is 28.7. The number of primary amides is 1. The molecule has 2 heterocycles. The number of hydrogen-bond donors (Lipinski definition) is 1. The smallest absolute Gasteiger partial charge is 0.370 e. The number of aryl methyl sites for hydroxylation is 1. The highest BCUT2D eigenvalue weighted by Crippen LogP contribution is 2.40. The van der Waals surface area contributed by atoms with Crippen molar-refractivity contribution in [1.29, 1.82) is 5.26 Å². The maximum atomic E-state index is 13.5. The molecule has 2 unspecified atom stereocenters. The third-order valence-corrected chi connectivity index (χ3v) is 7.46. The second kappa shape index (κ2) is 10.2. The largest absolute Gasteiger partial charge is 0.417 e. The lowest BCUT2D eigenvalue weighted by Crippen LogP contribution is -2.43. The minimum Gasteiger partial charge on any atom is -0.370 e. The number of benzene rings is 2. The van der Waals surface area contributed by atoms with E-state index in [1.165, 1.54) is 12.1 Å². The fourth-order valence-electron chi connectivity index (χ4n) is 5.56. The molecule has 0 spiro atoms. The first-order chi connectivity index (χ1) is 17.1. The van der Waals surface area contributed by atoms with Crippen molar-refractivity contribution in [2.24, 2.45) is 23.5 Å². The normalized spacial score (nSPS) is 20.9. The molecule has 2 saturated heterocycles. The van der Waals surface area contributed by atoms with Gasteiger partial charge in [0.1, 0.15) is 0 Å². The highest BCUT2D eigenvalue weighted by atomic mass is 19.4. The predicted molar refractivity (Wildman–Crippen MR) is 129 cm³/mol. The van der Waals surface area contributed by atoms with Gasteiger partial charge in [0.05, 0.1) is 29.5 Å². The number of alkyl halides is 3. The van der Waals surface area contributed by atoms with E-state index >= 15 is 0 Å². The fourth-order valence-corrected chi connectivity index (χ4v) is 5.56. The number of halogens is 3. The van der Waals surface area contributed by atoms with Crippen LogP contribution in [0.3, 0.4) is 0 Å². The summed E-state index contributed by atoms with van der Waals surface area (Å²) in [6.07, 6.45) is -2.89. The van der Waals surface area contributed by atoms with Crippen LogP contribution in [0.15, 0.2) is 42.5 Å². The Hall–Kier alpha value is -3.54. The number of nitrogens with two attached hydrogens (primary N) is 1. The van der Waals surface area contributed by atoms with E-state index < -0.39 is 29.1 Å². The van der Waals surface area contributed by atoms with E-state index in [0.717, 1.165) is 17.2 Å². The van der Waals surface area contributed by atoms with Crippen LogP contribution < -0.4 is 10.6 Å². The van der Waals surface area contributed by atoms with Crippen LogP contribution in [-0.4, -0.2) is 42.9 Å². The Morgan fingerprint density at radius 3 is 2.44 bits per heavy atom. The van der Waals surface area contributed by atoms with Gasteiger partial charge in [-0.2, -0.15) is 18.4 Å². The van der Waals surface area contributed by atoms with Crippen LogP contribution in [0.25, 0.3) is 0 Å². The number of amides is 2. The van der Waals surface area contributed by atoms with E-state index in [-0.39, 0.29) is 24.3 Å². The van der Waals surface area contributed by atoms with Crippen molar-refractivity contribution in [1.82, 2.24) is 4.90 Å². The second-order valence-electron chi connectivity index (χ2n) is 9.80. The first-order valence-corrected chi connectivity index (χ1v) is 12.1. The topological polar surface area (TPSA) is 90.4 Å². The molecule has 4 rings (SSSR count). The number of nitriles is 1. The lowest BCUT2D eigenvalue weighted by atomic mass is 9.78. The van der Waals surface area contributed by atoms with Crippen molar-refractivity contribution in [3.8, 4) is 6.07 Å². The summed E-state index contributed by atoms with van der Waals surface area (Å²) in [5.41, 5.74) is 6.68. The zero-order valence-electron chi connectivity index (χ0n) is 20.1. The molecular formula is C27H29F3N4O2. The van der Waals surface area contributed by atoms with Gasteiger partial charge in [-0.15, -0.1) is 0 Å². The van der Waals surface area contributed by atoms with Crippen molar-refractivity contribution in [2.75, 3.05) is 31.1 Å². The van der Waals surface area contributed by atoms with Crippen LogP contribution >= 0.6 is 0 Å². The number of piperidine rings is 1. The number of nitrogens with zero attached hydrogens (tertiary/aromatic N) is 3. The van der Waals surface area contributed by atoms with Crippen molar-refractivity contribution in [3.63, 3.8) is 0 Å². The van der Waals surface area contributed by atoms with E-state index in [1.807, 2.05) is 36.1 Å². The summed E-state index contributed by atoms with van der Waals surface area (Å²) in [6, 6.07) is 13.1. The van der Waals surface area contributed by atoms with Crippen molar-refractivity contribution >= 4 is 17.5 Å². The van der Waals surface area contributed by atoms with Crippen LogP contribution in [0.4, 0.5) is 18.9 Å². The molecule has 2 aliphatic heterocycles. The molecule has 2 aromatic rings.